The van der Waals surface area contributed by atoms with Crippen LogP contribution in [0.1, 0.15) is 29.1 Å². The fraction of sp³-hybridized carbons (Fsp3) is 0.545. The molecule has 1 atom stereocenters. The van der Waals surface area contributed by atoms with E-state index in [0.717, 1.165) is 11.4 Å². The molecule has 5 heteroatoms. The quantitative estimate of drug-likeness (QED) is 0.768. The van der Waals surface area contributed by atoms with Gasteiger partial charge in [-0.05, 0) is 19.9 Å². The lowest BCUT2D eigenvalue weighted by atomic mass is 10.3. The van der Waals surface area contributed by atoms with Crippen LogP contribution in [0.5, 0.6) is 0 Å². The average molecular weight is 243 g/mol. The number of thiophene rings is 1. The lowest BCUT2D eigenvalue weighted by Crippen LogP contribution is -2.26. The minimum absolute atomic E-state index is 0.184. The second-order valence-electron chi connectivity index (χ2n) is 3.50. The molecule has 0 aliphatic carbocycles. The Morgan fingerprint density at radius 1 is 1.69 bits per heavy atom. The Labute approximate surface area is 99.2 Å². The van der Waals surface area contributed by atoms with Gasteiger partial charge in [0.15, 0.2) is 0 Å². The van der Waals surface area contributed by atoms with Crippen LogP contribution in [-0.2, 0) is 11.3 Å². The van der Waals surface area contributed by atoms with E-state index in [4.69, 9.17) is 9.84 Å². The first-order valence-electron chi connectivity index (χ1n) is 5.26. The lowest BCUT2D eigenvalue weighted by molar-refractivity contribution is 0.0696. The van der Waals surface area contributed by atoms with Gasteiger partial charge in [-0.1, -0.05) is 0 Å². The Morgan fingerprint density at radius 2 is 2.44 bits per heavy atom. The summed E-state index contributed by atoms with van der Waals surface area (Å²) in [6.45, 7) is 6.15. The Bertz CT molecular complexity index is 338. The molecule has 0 aliphatic heterocycles. The number of carboxylic acid groups (broad SMARTS) is 1. The van der Waals surface area contributed by atoms with E-state index in [2.05, 4.69) is 5.32 Å². The van der Waals surface area contributed by atoms with Crippen LogP contribution < -0.4 is 5.32 Å². The molecule has 1 aromatic rings. The topological polar surface area (TPSA) is 58.6 Å². The summed E-state index contributed by atoms with van der Waals surface area (Å²) in [5.74, 6) is -0.870. The molecular weight excluding hydrogens is 226 g/mol. The van der Waals surface area contributed by atoms with Crippen LogP contribution >= 0.6 is 11.3 Å². The van der Waals surface area contributed by atoms with E-state index in [1.807, 2.05) is 13.8 Å². The smallest absolute Gasteiger partial charge is 0.336 e. The molecule has 1 rings (SSSR count). The van der Waals surface area contributed by atoms with Crippen LogP contribution in [0.3, 0.4) is 0 Å². The van der Waals surface area contributed by atoms with Gasteiger partial charge >= 0.3 is 5.97 Å². The molecule has 4 nitrogen and oxygen atoms in total. The van der Waals surface area contributed by atoms with Gasteiger partial charge in [-0.2, -0.15) is 0 Å². The normalized spacial score (nSPS) is 12.6. The zero-order valence-electron chi connectivity index (χ0n) is 9.53. The van der Waals surface area contributed by atoms with Crippen molar-refractivity contribution in [1.29, 1.82) is 0 Å². The van der Waals surface area contributed by atoms with Crippen molar-refractivity contribution in [2.75, 3.05) is 13.2 Å². The molecule has 0 aliphatic rings. The summed E-state index contributed by atoms with van der Waals surface area (Å²) in [5, 5.41) is 13.6. The van der Waals surface area contributed by atoms with Crippen LogP contribution in [0.4, 0.5) is 0 Å². The number of hydrogen-bond acceptors (Lipinski definition) is 4. The van der Waals surface area contributed by atoms with Gasteiger partial charge in [-0.15, -0.1) is 11.3 Å². The zero-order valence-corrected chi connectivity index (χ0v) is 10.3. The van der Waals surface area contributed by atoms with Crippen molar-refractivity contribution in [2.24, 2.45) is 0 Å². The summed E-state index contributed by atoms with van der Waals surface area (Å²) < 4.78 is 5.37. The number of aromatic carboxylic acids is 1. The monoisotopic (exact) mass is 243 g/mol. The molecular formula is C11H17NO3S. The predicted octanol–water partition coefficient (Wildman–Crippen LogP) is 1.96. The molecule has 1 aromatic heterocycles. The highest BCUT2D eigenvalue weighted by Gasteiger charge is 2.06. The molecule has 0 aromatic carbocycles. The highest BCUT2D eigenvalue weighted by atomic mass is 32.1. The second kappa shape index (κ2) is 6.62. The van der Waals surface area contributed by atoms with E-state index in [1.165, 1.54) is 11.3 Å². The van der Waals surface area contributed by atoms with E-state index in [-0.39, 0.29) is 6.10 Å². The zero-order chi connectivity index (χ0) is 12.0. The van der Waals surface area contributed by atoms with Crippen LogP contribution in [0.15, 0.2) is 11.4 Å². The molecule has 1 unspecified atom stereocenters. The minimum atomic E-state index is -0.870. The van der Waals surface area contributed by atoms with Crippen molar-refractivity contribution in [3.05, 3.63) is 21.9 Å². The van der Waals surface area contributed by atoms with Crippen molar-refractivity contribution >= 4 is 17.3 Å². The largest absolute Gasteiger partial charge is 0.478 e. The molecule has 0 amide bonds. The van der Waals surface area contributed by atoms with Crippen LogP contribution in [0.25, 0.3) is 0 Å². The highest BCUT2D eigenvalue weighted by molar-refractivity contribution is 7.10. The maximum absolute atomic E-state index is 10.6. The Morgan fingerprint density at radius 3 is 3.00 bits per heavy atom. The van der Waals surface area contributed by atoms with Crippen molar-refractivity contribution in [3.8, 4) is 0 Å². The maximum Gasteiger partial charge on any atom is 0.336 e. The fourth-order valence-electron chi connectivity index (χ4n) is 1.33. The molecule has 16 heavy (non-hydrogen) atoms. The summed E-state index contributed by atoms with van der Waals surface area (Å²) in [4.78, 5) is 11.7. The molecule has 0 saturated heterocycles. The summed E-state index contributed by atoms with van der Waals surface area (Å²) >= 11 is 1.46. The minimum Gasteiger partial charge on any atom is -0.478 e. The highest BCUT2D eigenvalue weighted by Crippen LogP contribution is 2.14. The third-order valence-electron chi connectivity index (χ3n) is 2.08. The SMILES string of the molecule is CCOC(C)CNCc1cc(C(=O)O)cs1. The van der Waals surface area contributed by atoms with Gasteiger partial charge in [0.2, 0.25) is 0 Å². The Balaban J connectivity index is 2.29. The van der Waals surface area contributed by atoms with E-state index >= 15 is 0 Å². The number of carbonyl (C=O) groups is 1. The van der Waals surface area contributed by atoms with Crippen molar-refractivity contribution in [1.82, 2.24) is 5.32 Å². The van der Waals surface area contributed by atoms with Gasteiger partial charge in [0, 0.05) is 30.0 Å². The summed E-state index contributed by atoms with van der Waals surface area (Å²) in [6.07, 6.45) is 0.184. The molecule has 0 radical (unpaired) electrons. The molecule has 0 bridgehead atoms. The first-order valence-corrected chi connectivity index (χ1v) is 6.14. The Kier molecular flexibility index (Phi) is 5.45. The maximum atomic E-state index is 10.6. The predicted molar refractivity (Wildman–Crippen MR) is 64.1 cm³/mol. The molecule has 1 heterocycles. The van der Waals surface area contributed by atoms with Gasteiger partial charge in [0.25, 0.3) is 0 Å². The second-order valence-corrected chi connectivity index (χ2v) is 4.50. The van der Waals surface area contributed by atoms with Crippen molar-refractivity contribution in [3.63, 3.8) is 0 Å². The fourth-order valence-corrected chi connectivity index (χ4v) is 2.16. The van der Waals surface area contributed by atoms with E-state index in [9.17, 15) is 4.79 Å². The van der Waals surface area contributed by atoms with Crippen LogP contribution in [0.2, 0.25) is 0 Å². The number of hydrogen-bond donors (Lipinski definition) is 2. The first-order chi connectivity index (χ1) is 7.63. The van der Waals surface area contributed by atoms with Crippen LogP contribution in [0, 0.1) is 0 Å². The molecule has 0 spiro atoms. The van der Waals surface area contributed by atoms with E-state index in [0.29, 0.717) is 18.7 Å². The Hall–Kier alpha value is -0.910. The number of carboxylic acids is 1. The molecule has 0 fully saturated rings. The van der Waals surface area contributed by atoms with Crippen LogP contribution in [-0.4, -0.2) is 30.3 Å². The molecule has 90 valence electrons. The molecule has 0 saturated carbocycles. The third-order valence-corrected chi connectivity index (χ3v) is 3.02. The van der Waals surface area contributed by atoms with Gasteiger partial charge in [-0.3, -0.25) is 0 Å². The summed E-state index contributed by atoms with van der Waals surface area (Å²) in [7, 11) is 0. The van der Waals surface area contributed by atoms with Gasteiger partial charge in [0.1, 0.15) is 0 Å². The van der Waals surface area contributed by atoms with Gasteiger partial charge < -0.3 is 15.2 Å². The molecule has 2 N–H and O–H groups in total. The third kappa shape index (κ3) is 4.30. The van der Waals surface area contributed by atoms with Gasteiger partial charge in [0.05, 0.1) is 11.7 Å². The van der Waals surface area contributed by atoms with Gasteiger partial charge in [-0.25, -0.2) is 4.79 Å². The number of rotatable bonds is 7. The summed E-state index contributed by atoms with van der Waals surface area (Å²) in [5.41, 5.74) is 0.361. The van der Waals surface area contributed by atoms with Crippen molar-refractivity contribution in [2.45, 2.75) is 26.5 Å². The van der Waals surface area contributed by atoms with E-state index < -0.39 is 5.97 Å². The summed E-state index contributed by atoms with van der Waals surface area (Å²) in [6, 6.07) is 1.70. The van der Waals surface area contributed by atoms with Crippen molar-refractivity contribution < 1.29 is 14.6 Å². The van der Waals surface area contributed by atoms with E-state index in [1.54, 1.807) is 11.4 Å². The average Bonchev–Trinajstić information content (AvgIpc) is 2.67. The number of ether oxygens (including phenoxy) is 1. The standard InChI is InChI=1S/C11H17NO3S/c1-3-15-8(2)5-12-6-10-4-9(7-16-10)11(13)14/h4,7-8,12H,3,5-6H2,1-2H3,(H,13,14). The lowest BCUT2D eigenvalue weighted by Gasteiger charge is -2.11. The first kappa shape index (κ1) is 13.2. The number of nitrogens with one attached hydrogen (secondary N) is 1.